The molecule has 3 aromatic rings. The van der Waals surface area contributed by atoms with E-state index in [4.69, 9.17) is 9.47 Å². The maximum atomic E-state index is 5.49. The van der Waals surface area contributed by atoms with Gasteiger partial charge < -0.3 is 14.8 Å². The van der Waals surface area contributed by atoms with Crippen LogP contribution >= 0.6 is 0 Å². The van der Waals surface area contributed by atoms with Gasteiger partial charge in [0.15, 0.2) is 11.5 Å². The van der Waals surface area contributed by atoms with Crippen molar-refractivity contribution in [3.8, 4) is 11.5 Å². The van der Waals surface area contributed by atoms with Crippen LogP contribution in [0.3, 0.4) is 0 Å². The van der Waals surface area contributed by atoms with E-state index < -0.39 is 0 Å². The molecule has 0 bridgehead atoms. The third-order valence-electron chi connectivity index (χ3n) is 5.21. The standard InChI is InChI=1S/C21H24N4O2/c1-4-14-5-7-15(8-6-14)17-12-18(25-21(24-17)22-13-23-25)16-9-10-19(26-2)20(11-16)27-3/h5-11,13,17-18H,4,12H2,1-3H3,(H,22,23,24). The fourth-order valence-electron chi connectivity index (χ4n) is 3.66. The maximum absolute atomic E-state index is 5.49. The minimum Gasteiger partial charge on any atom is -0.493 e. The molecule has 2 heterocycles. The number of hydrogen-bond acceptors (Lipinski definition) is 5. The number of benzene rings is 2. The predicted octanol–water partition coefficient (Wildman–Crippen LogP) is 4.00. The van der Waals surface area contributed by atoms with E-state index in [1.165, 1.54) is 11.1 Å². The summed E-state index contributed by atoms with van der Waals surface area (Å²) >= 11 is 0. The summed E-state index contributed by atoms with van der Waals surface area (Å²) < 4.78 is 12.8. The Hall–Kier alpha value is -3.02. The molecule has 0 aliphatic carbocycles. The van der Waals surface area contributed by atoms with Gasteiger partial charge in [-0.05, 0) is 41.7 Å². The van der Waals surface area contributed by atoms with Crippen LogP contribution in [0.2, 0.25) is 0 Å². The van der Waals surface area contributed by atoms with Gasteiger partial charge in [0, 0.05) is 0 Å². The van der Waals surface area contributed by atoms with Crippen molar-refractivity contribution in [2.45, 2.75) is 31.8 Å². The average molecular weight is 364 g/mol. The van der Waals surface area contributed by atoms with Crippen LogP contribution in [-0.2, 0) is 6.42 Å². The zero-order chi connectivity index (χ0) is 18.8. The van der Waals surface area contributed by atoms with Gasteiger partial charge in [0.2, 0.25) is 5.95 Å². The Morgan fingerprint density at radius 1 is 1.04 bits per heavy atom. The van der Waals surface area contributed by atoms with Crippen LogP contribution in [0.5, 0.6) is 11.5 Å². The number of aryl methyl sites for hydroxylation is 1. The van der Waals surface area contributed by atoms with E-state index in [0.717, 1.165) is 35.9 Å². The first-order chi connectivity index (χ1) is 13.2. The van der Waals surface area contributed by atoms with Gasteiger partial charge in [-0.25, -0.2) is 4.68 Å². The van der Waals surface area contributed by atoms with Gasteiger partial charge in [0.25, 0.3) is 0 Å². The summed E-state index contributed by atoms with van der Waals surface area (Å²) in [7, 11) is 3.30. The normalized spacial score (nSPS) is 18.5. The van der Waals surface area contributed by atoms with Gasteiger partial charge in [0.05, 0.1) is 26.3 Å². The van der Waals surface area contributed by atoms with Gasteiger partial charge >= 0.3 is 0 Å². The molecule has 0 saturated heterocycles. The molecule has 27 heavy (non-hydrogen) atoms. The van der Waals surface area contributed by atoms with Gasteiger partial charge in [-0.2, -0.15) is 10.1 Å². The molecular weight excluding hydrogens is 340 g/mol. The Morgan fingerprint density at radius 3 is 2.48 bits per heavy atom. The van der Waals surface area contributed by atoms with Crippen molar-refractivity contribution < 1.29 is 9.47 Å². The van der Waals surface area contributed by atoms with Crippen molar-refractivity contribution in [3.63, 3.8) is 0 Å². The van der Waals surface area contributed by atoms with Gasteiger partial charge in [-0.15, -0.1) is 0 Å². The number of methoxy groups -OCH3 is 2. The van der Waals surface area contributed by atoms with Crippen molar-refractivity contribution in [1.29, 1.82) is 0 Å². The lowest BCUT2D eigenvalue weighted by atomic mass is 9.92. The molecule has 0 amide bonds. The van der Waals surface area contributed by atoms with Crippen LogP contribution < -0.4 is 14.8 Å². The Morgan fingerprint density at radius 2 is 1.78 bits per heavy atom. The van der Waals surface area contributed by atoms with E-state index in [1.54, 1.807) is 20.5 Å². The highest BCUT2D eigenvalue weighted by Gasteiger charge is 2.30. The number of nitrogens with one attached hydrogen (secondary N) is 1. The first-order valence-corrected chi connectivity index (χ1v) is 9.20. The Bertz CT molecular complexity index is 920. The number of rotatable bonds is 5. The molecule has 4 rings (SSSR count). The second kappa shape index (κ2) is 7.31. The van der Waals surface area contributed by atoms with Crippen LogP contribution in [0, 0.1) is 0 Å². The van der Waals surface area contributed by atoms with Crippen LogP contribution in [0.1, 0.15) is 42.1 Å². The molecule has 2 unspecified atom stereocenters. The lowest BCUT2D eigenvalue weighted by Crippen LogP contribution is -2.28. The fraction of sp³-hybridized carbons (Fsp3) is 0.333. The second-order valence-electron chi connectivity index (χ2n) is 6.69. The molecule has 0 saturated carbocycles. The van der Waals surface area contributed by atoms with E-state index >= 15 is 0 Å². The number of aromatic nitrogens is 3. The molecule has 0 spiro atoms. The summed E-state index contributed by atoms with van der Waals surface area (Å²) in [5.41, 5.74) is 3.72. The van der Waals surface area contributed by atoms with Crippen molar-refractivity contribution in [1.82, 2.24) is 14.8 Å². The highest BCUT2D eigenvalue weighted by atomic mass is 16.5. The zero-order valence-electron chi connectivity index (χ0n) is 15.8. The van der Waals surface area contributed by atoms with Crippen LogP contribution in [0.4, 0.5) is 5.95 Å². The molecule has 1 aromatic heterocycles. The molecule has 6 nitrogen and oxygen atoms in total. The first-order valence-electron chi connectivity index (χ1n) is 9.20. The summed E-state index contributed by atoms with van der Waals surface area (Å²) in [5, 5.41) is 7.95. The monoisotopic (exact) mass is 364 g/mol. The summed E-state index contributed by atoms with van der Waals surface area (Å²) in [6, 6.07) is 15.1. The van der Waals surface area contributed by atoms with Crippen LogP contribution in [0.25, 0.3) is 0 Å². The molecule has 1 aliphatic heterocycles. The van der Waals surface area contributed by atoms with Crippen LogP contribution in [-0.4, -0.2) is 29.0 Å². The number of anilines is 1. The number of hydrogen-bond donors (Lipinski definition) is 1. The molecule has 2 aromatic carbocycles. The Labute approximate surface area is 159 Å². The summed E-state index contributed by atoms with van der Waals surface area (Å²) in [5.74, 6) is 2.23. The Balaban J connectivity index is 1.70. The summed E-state index contributed by atoms with van der Waals surface area (Å²) in [4.78, 5) is 4.40. The van der Waals surface area contributed by atoms with E-state index in [1.807, 2.05) is 16.8 Å². The molecule has 140 valence electrons. The van der Waals surface area contributed by atoms with Gasteiger partial charge in [0.1, 0.15) is 6.33 Å². The summed E-state index contributed by atoms with van der Waals surface area (Å²) in [6.07, 6.45) is 3.51. The lowest BCUT2D eigenvalue weighted by Gasteiger charge is -2.32. The number of fused-ring (bicyclic) bond motifs is 1. The van der Waals surface area contributed by atoms with E-state index in [-0.39, 0.29) is 12.1 Å². The van der Waals surface area contributed by atoms with Gasteiger partial charge in [-0.1, -0.05) is 37.3 Å². The maximum Gasteiger partial charge on any atom is 0.222 e. The average Bonchev–Trinajstić information content (AvgIpc) is 3.21. The molecule has 1 N–H and O–H groups in total. The minimum atomic E-state index is 0.0689. The predicted molar refractivity (Wildman–Crippen MR) is 105 cm³/mol. The van der Waals surface area contributed by atoms with Gasteiger partial charge in [-0.3, -0.25) is 0 Å². The third kappa shape index (κ3) is 3.23. The lowest BCUT2D eigenvalue weighted by molar-refractivity contribution is 0.352. The SMILES string of the molecule is CCc1ccc(C2CC(c3ccc(OC)c(OC)c3)n3ncnc3N2)cc1. The number of nitrogens with zero attached hydrogens (tertiary/aromatic N) is 3. The minimum absolute atomic E-state index is 0.0689. The molecule has 1 aliphatic rings. The molecule has 0 radical (unpaired) electrons. The van der Waals surface area contributed by atoms with E-state index in [0.29, 0.717) is 0 Å². The zero-order valence-corrected chi connectivity index (χ0v) is 15.8. The second-order valence-corrected chi connectivity index (χ2v) is 6.69. The molecule has 2 atom stereocenters. The fourth-order valence-corrected chi connectivity index (χ4v) is 3.66. The van der Waals surface area contributed by atoms with Crippen molar-refractivity contribution in [2.75, 3.05) is 19.5 Å². The molecular formula is C21H24N4O2. The Kier molecular flexibility index (Phi) is 4.71. The van der Waals surface area contributed by atoms with Crippen molar-refractivity contribution in [3.05, 3.63) is 65.5 Å². The third-order valence-corrected chi connectivity index (χ3v) is 5.21. The smallest absolute Gasteiger partial charge is 0.222 e. The molecule has 6 heteroatoms. The molecule has 0 fully saturated rings. The number of ether oxygens (including phenoxy) is 2. The van der Waals surface area contributed by atoms with E-state index in [9.17, 15) is 0 Å². The quantitative estimate of drug-likeness (QED) is 0.741. The first kappa shape index (κ1) is 17.4. The highest BCUT2D eigenvalue weighted by molar-refractivity contribution is 5.46. The van der Waals surface area contributed by atoms with E-state index in [2.05, 4.69) is 52.7 Å². The van der Waals surface area contributed by atoms with Crippen molar-refractivity contribution >= 4 is 5.95 Å². The van der Waals surface area contributed by atoms with Crippen LogP contribution in [0.15, 0.2) is 48.8 Å². The topological polar surface area (TPSA) is 61.2 Å². The highest BCUT2D eigenvalue weighted by Crippen LogP contribution is 2.39. The van der Waals surface area contributed by atoms with Crippen molar-refractivity contribution in [2.24, 2.45) is 0 Å². The summed E-state index contributed by atoms with van der Waals surface area (Å²) in [6.45, 7) is 2.17. The largest absolute Gasteiger partial charge is 0.493 e.